The lowest BCUT2D eigenvalue weighted by molar-refractivity contribution is 0.0196. The van der Waals surface area contributed by atoms with Gasteiger partial charge in [-0.15, -0.1) is 0 Å². The topological polar surface area (TPSA) is 106 Å². The summed E-state index contributed by atoms with van der Waals surface area (Å²) in [6, 6.07) is 4.22. The Hall–Kier alpha value is -2.98. The molecule has 1 aliphatic carbocycles. The third-order valence-electron chi connectivity index (χ3n) is 5.77. The Morgan fingerprint density at radius 2 is 2.06 bits per heavy atom. The molecule has 1 aliphatic rings. The molecule has 3 N–H and O–H groups in total. The standard InChI is InChI=1S/C21H26N8OS/c1-13-10-17(31-27-13)25-20-24-16-6-9-29(15-11-22-28(3)12-15)18(16)19(26-20)23-14-4-7-21(2,30)8-5-14/h6,9-12,14,30H,4-5,7-8H2,1-3H3,(H2,23,24,25,26)/t14-,21-. The lowest BCUT2D eigenvalue weighted by Gasteiger charge is -2.33. The summed E-state index contributed by atoms with van der Waals surface area (Å²) in [5, 5.41) is 22.5. The predicted molar refractivity (Wildman–Crippen MR) is 122 cm³/mol. The summed E-state index contributed by atoms with van der Waals surface area (Å²) in [5.74, 6) is 1.31. The first-order chi connectivity index (χ1) is 14.9. The van der Waals surface area contributed by atoms with Crippen LogP contribution in [0, 0.1) is 6.92 Å². The van der Waals surface area contributed by atoms with E-state index in [1.807, 2.05) is 51.6 Å². The highest BCUT2D eigenvalue weighted by atomic mass is 32.1. The first kappa shape index (κ1) is 20.0. The van der Waals surface area contributed by atoms with E-state index in [0.29, 0.717) is 5.95 Å². The Kier molecular flexibility index (Phi) is 4.90. The second-order valence-electron chi connectivity index (χ2n) is 8.56. The number of rotatable bonds is 5. The Labute approximate surface area is 184 Å². The van der Waals surface area contributed by atoms with E-state index in [9.17, 15) is 5.11 Å². The molecule has 9 nitrogen and oxygen atoms in total. The van der Waals surface area contributed by atoms with Crippen molar-refractivity contribution in [3.63, 3.8) is 0 Å². The monoisotopic (exact) mass is 438 g/mol. The molecule has 0 amide bonds. The van der Waals surface area contributed by atoms with Crippen LogP contribution in [0.4, 0.5) is 16.8 Å². The van der Waals surface area contributed by atoms with Crippen LogP contribution in [0.5, 0.6) is 0 Å². The summed E-state index contributed by atoms with van der Waals surface area (Å²) in [5.41, 5.74) is 3.09. The van der Waals surface area contributed by atoms with Crippen LogP contribution in [0.3, 0.4) is 0 Å². The molecule has 4 aromatic rings. The maximum atomic E-state index is 10.3. The van der Waals surface area contributed by atoms with Gasteiger partial charge in [-0.05, 0) is 63.2 Å². The van der Waals surface area contributed by atoms with E-state index < -0.39 is 5.60 Å². The van der Waals surface area contributed by atoms with Gasteiger partial charge in [-0.3, -0.25) is 4.68 Å². The SMILES string of the molecule is Cc1cc(Nc2nc(N[C@H]3CC[C@](C)(O)CC3)c3c(ccn3-c3cnn(C)c3)n2)sn1. The van der Waals surface area contributed by atoms with E-state index in [4.69, 9.17) is 9.97 Å². The minimum atomic E-state index is -0.578. The summed E-state index contributed by atoms with van der Waals surface area (Å²) < 4.78 is 8.16. The molecule has 1 saturated carbocycles. The molecular weight excluding hydrogens is 412 g/mol. The molecule has 1 fully saturated rings. The zero-order chi connectivity index (χ0) is 21.6. The highest BCUT2D eigenvalue weighted by Gasteiger charge is 2.29. The highest BCUT2D eigenvalue weighted by molar-refractivity contribution is 7.10. The van der Waals surface area contributed by atoms with Crippen LogP contribution >= 0.6 is 11.5 Å². The first-order valence-corrected chi connectivity index (χ1v) is 11.2. The van der Waals surface area contributed by atoms with Crippen molar-refractivity contribution in [1.82, 2.24) is 28.7 Å². The molecule has 4 heterocycles. The second kappa shape index (κ2) is 7.61. The van der Waals surface area contributed by atoms with E-state index in [-0.39, 0.29) is 6.04 Å². The van der Waals surface area contributed by atoms with Gasteiger partial charge in [0.2, 0.25) is 5.95 Å². The first-order valence-electron chi connectivity index (χ1n) is 10.4. The molecule has 0 unspecified atom stereocenters. The van der Waals surface area contributed by atoms with Gasteiger partial charge in [0.1, 0.15) is 10.5 Å². The molecule has 0 spiro atoms. The van der Waals surface area contributed by atoms with E-state index in [1.165, 1.54) is 11.5 Å². The highest BCUT2D eigenvalue weighted by Crippen LogP contribution is 2.33. The largest absolute Gasteiger partial charge is 0.390 e. The van der Waals surface area contributed by atoms with Crippen molar-refractivity contribution in [3.8, 4) is 5.69 Å². The van der Waals surface area contributed by atoms with E-state index in [2.05, 4.69) is 24.7 Å². The van der Waals surface area contributed by atoms with Crippen molar-refractivity contribution < 1.29 is 5.11 Å². The lowest BCUT2D eigenvalue weighted by atomic mass is 9.84. The van der Waals surface area contributed by atoms with Gasteiger partial charge < -0.3 is 20.3 Å². The van der Waals surface area contributed by atoms with Crippen LogP contribution in [-0.4, -0.2) is 45.4 Å². The Balaban J connectivity index is 1.54. The van der Waals surface area contributed by atoms with Crippen molar-refractivity contribution in [3.05, 3.63) is 36.4 Å². The smallest absolute Gasteiger partial charge is 0.230 e. The quantitative estimate of drug-likeness (QED) is 0.435. The summed E-state index contributed by atoms with van der Waals surface area (Å²) in [7, 11) is 1.90. The average molecular weight is 439 g/mol. The zero-order valence-corrected chi connectivity index (χ0v) is 18.6. The van der Waals surface area contributed by atoms with Gasteiger partial charge in [-0.25, -0.2) is 4.98 Å². The summed E-state index contributed by atoms with van der Waals surface area (Å²) >= 11 is 1.39. The molecule has 0 aliphatic heterocycles. The molecule has 0 radical (unpaired) electrons. The normalized spacial score (nSPS) is 21.5. The third kappa shape index (κ3) is 4.13. The summed E-state index contributed by atoms with van der Waals surface area (Å²) in [6.07, 6.45) is 9.11. The number of aliphatic hydroxyl groups is 1. The number of nitrogens with zero attached hydrogens (tertiary/aromatic N) is 6. The zero-order valence-electron chi connectivity index (χ0n) is 17.8. The van der Waals surface area contributed by atoms with Gasteiger partial charge in [0.25, 0.3) is 0 Å². The molecule has 0 saturated heterocycles. The molecule has 162 valence electrons. The second-order valence-corrected chi connectivity index (χ2v) is 9.37. The minimum absolute atomic E-state index is 0.245. The number of hydrogen-bond acceptors (Lipinski definition) is 8. The van der Waals surface area contributed by atoms with E-state index in [1.54, 1.807) is 4.68 Å². The fraction of sp³-hybridized carbons (Fsp3) is 0.429. The van der Waals surface area contributed by atoms with Crippen LogP contribution in [-0.2, 0) is 7.05 Å². The van der Waals surface area contributed by atoms with E-state index >= 15 is 0 Å². The Morgan fingerprint density at radius 3 is 2.74 bits per heavy atom. The number of hydrogen-bond donors (Lipinski definition) is 3. The van der Waals surface area contributed by atoms with Gasteiger partial charge >= 0.3 is 0 Å². The summed E-state index contributed by atoms with van der Waals surface area (Å²) in [4.78, 5) is 9.57. The number of fused-ring (bicyclic) bond motifs is 1. The Morgan fingerprint density at radius 1 is 1.26 bits per heavy atom. The molecule has 4 aromatic heterocycles. The van der Waals surface area contributed by atoms with Gasteiger partial charge in [0, 0.05) is 25.5 Å². The maximum Gasteiger partial charge on any atom is 0.230 e. The molecular formula is C21H26N8OS. The van der Waals surface area contributed by atoms with Gasteiger partial charge in [-0.1, -0.05) is 0 Å². The lowest BCUT2D eigenvalue weighted by Crippen LogP contribution is -2.36. The van der Waals surface area contributed by atoms with Crippen LogP contribution in [0.1, 0.15) is 38.3 Å². The van der Waals surface area contributed by atoms with Crippen LogP contribution in [0.2, 0.25) is 0 Å². The molecule has 0 aromatic carbocycles. The third-order valence-corrected chi connectivity index (χ3v) is 6.57. The van der Waals surface area contributed by atoms with Crippen molar-refractivity contribution in [2.75, 3.05) is 10.6 Å². The van der Waals surface area contributed by atoms with Crippen molar-refractivity contribution in [2.45, 2.75) is 51.2 Å². The molecule has 31 heavy (non-hydrogen) atoms. The molecule has 0 atom stereocenters. The van der Waals surface area contributed by atoms with Crippen LogP contribution < -0.4 is 10.6 Å². The number of anilines is 3. The van der Waals surface area contributed by atoms with Crippen molar-refractivity contribution in [1.29, 1.82) is 0 Å². The average Bonchev–Trinajstić information content (AvgIpc) is 3.43. The number of nitrogens with one attached hydrogen (secondary N) is 2. The fourth-order valence-electron chi connectivity index (χ4n) is 4.06. The number of aromatic nitrogens is 6. The summed E-state index contributed by atoms with van der Waals surface area (Å²) in [6.45, 7) is 3.88. The van der Waals surface area contributed by atoms with Crippen molar-refractivity contribution in [2.24, 2.45) is 7.05 Å². The Bertz CT molecular complexity index is 1210. The molecule has 10 heteroatoms. The molecule has 0 bridgehead atoms. The van der Waals surface area contributed by atoms with E-state index in [0.717, 1.165) is 58.9 Å². The van der Waals surface area contributed by atoms with Gasteiger partial charge in [0.05, 0.1) is 28.7 Å². The number of aryl methyl sites for hydroxylation is 2. The van der Waals surface area contributed by atoms with Crippen LogP contribution in [0.15, 0.2) is 30.7 Å². The van der Waals surface area contributed by atoms with Gasteiger partial charge in [0.15, 0.2) is 5.82 Å². The maximum absolute atomic E-state index is 10.3. The molecule has 5 rings (SSSR count). The predicted octanol–water partition coefficient (Wildman–Crippen LogP) is 3.77. The fourth-order valence-corrected chi connectivity index (χ4v) is 4.72. The van der Waals surface area contributed by atoms with Gasteiger partial charge in [-0.2, -0.15) is 14.5 Å². The minimum Gasteiger partial charge on any atom is -0.390 e. The van der Waals surface area contributed by atoms with Crippen molar-refractivity contribution >= 4 is 39.3 Å². The van der Waals surface area contributed by atoms with Crippen LogP contribution in [0.25, 0.3) is 16.7 Å².